The van der Waals surface area contributed by atoms with Gasteiger partial charge in [0.15, 0.2) is 0 Å². The quantitative estimate of drug-likeness (QED) is 0.684. The Bertz CT molecular complexity index is 588. The van der Waals surface area contributed by atoms with Gasteiger partial charge in [-0.1, -0.05) is 0 Å². The average molecular weight is 364 g/mol. The van der Waals surface area contributed by atoms with E-state index in [4.69, 9.17) is 9.47 Å². The van der Waals surface area contributed by atoms with E-state index >= 15 is 0 Å². The first-order valence-corrected chi connectivity index (χ1v) is 9.05. The minimum absolute atomic E-state index is 0.0355. The van der Waals surface area contributed by atoms with Crippen molar-refractivity contribution in [1.82, 2.24) is 15.2 Å². The lowest BCUT2D eigenvalue weighted by Gasteiger charge is -2.31. The van der Waals surface area contributed by atoms with Crippen molar-refractivity contribution in [3.8, 4) is 0 Å². The number of carbonyl (C=O) groups is 2. The van der Waals surface area contributed by atoms with Crippen molar-refractivity contribution in [3.05, 3.63) is 24.0 Å². The van der Waals surface area contributed by atoms with Crippen LogP contribution in [-0.2, 0) is 9.47 Å². The molecule has 144 valence electrons. The molecule has 1 aliphatic heterocycles. The number of nitrogens with one attached hydrogen (secondary N) is 2. The van der Waals surface area contributed by atoms with Gasteiger partial charge in [-0.25, -0.2) is 4.79 Å². The van der Waals surface area contributed by atoms with Crippen LogP contribution in [0.3, 0.4) is 0 Å². The molecule has 2 N–H and O–H groups in total. The molecule has 2 rings (SSSR count). The minimum atomic E-state index is -0.286. The summed E-state index contributed by atoms with van der Waals surface area (Å²) in [4.78, 5) is 30.0. The second-order valence-electron chi connectivity index (χ2n) is 6.14. The second kappa shape index (κ2) is 10.6. The molecule has 0 aliphatic carbocycles. The SMILES string of the molecule is CCOC(=O)N1CCC(NC(=O)c2cc(NCCCOC)ccn2)CC1. The molecule has 1 fully saturated rings. The third-order valence-corrected chi connectivity index (χ3v) is 4.20. The molecule has 0 radical (unpaired) electrons. The van der Waals surface area contributed by atoms with Crippen LogP contribution >= 0.6 is 0 Å². The van der Waals surface area contributed by atoms with Crippen molar-refractivity contribution in [2.75, 3.05) is 45.3 Å². The highest BCUT2D eigenvalue weighted by molar-refractivity contribution is 5.93. The number of hydrogen-bond acceptors (Lipinski definition) is 6. The Kier molecular flexibility index (Phi) is 8.14. The molecule has 1 saturated heterocycles. The van der Waals surface area contributed by atoms with E-state index in [0.717, 1.165) is 18.7 Å². The van der Waals surface area contributed by atoms with Crippen LogP contribution < -0.4 is 10.6 Å². The van der Waals surface area contributed by atoms with Gasteiger partial charge in [0.05, 0.1) is 6.61 Å². The molecule has 0 unspecified atom stereocenters. The van der Waals surface area contributed by atoms with Gasteiger partial charge in [-0.05, 0) is 38.3 Å². The Morgan fingerprint density at radius 1 is 1.35 bits per heavy atom. The minimum Gasteiger partial charge on any atom is -0.450 e. The van der Waals surface area contributed by atoms with Crippen LogP contribution in [0.15, 0.2) is 18.3 Å². The fraction of sp³-hybridized carbons (Fsp3) is 0.611. The van der Waals surface area contributed by atoms with E-state index < -0.39 is 0 Å². The number of anilines is 1. The molecule has 0 bridgehead atoms. The van der Waals surface area contributed by atoms with E-state index in [2.05, 4.69) is 15.6 Å². The van der Waals surface area contributed by atoms with Crippen molar-refractivity contribution in [2.24, 2.45) is 0 Å². The van der Waals surface area contributed by atoms with Crippen LogP contribution in [0, 0.1) is 0 Å². The average Bonchev–Trinajstić information content (AvgIpc) is 2.66. The lowest BCUT2D eigenvalue weighted by molar-refractivity contribution is 0.0856. The number of methoxy groups -OCH3 is 1. The van der Waals surface area contributed by atoms with Crippen molar-refractivity contribution >= 4 is 17.7 Å². The molecule has 1 aromatic heterocycles. The number of likely N-dealkylation sites (tertiary alicyclic amines) is 1. The molecule has 26 heavy (non-hydrogen) atoms. The fourth-order valence-corrected chi connectivity index (χ4v) is 2.79. The van der Waals surface area contributed by atoms with E-state index in [1.54, 1.807) is 31.2 Å². The summed E-state index contributed by atoms with van der Waals surface area (Å²) in [7, 11) is 1.67. The lowest BCUT2D eigenvalue weighted by atomic mass is 10.1. The second-order valence-corrected chi connectivity index (χ2v) is 6.14. The van der Waals surface area contributed by atoms with Gasteiger partial charge in [0.1, 0.15) is 5.69 Å². The molecule has 1 aliphatic rings. The summed E-state index contributed by atoms with van der Waals surface area (Å²) < 4.78 is 10.0. The summed E-state index contributed by atoms with van der Waals surface area (Å²) in [6.45, 7) is 4.78. The van der Waals surface area contributed by atoms with Crippen molar-refractivity contribution in [3.63, 3.8) is 0 Å². The maximum absolute atomic E-state index is 12.4. The molecule has 0 atom stereocenters. The smallest absolute Gasteiger partial charge is 0.409 e. The predicted molar refractivity (Wildman–Crippen MR) is 98.3 cm³/mol. The van der Waals surface area contributed by atoms with Crippen molar-refractivity contribution in [2.45, 2.75) is 32.2 Å². The molecule has 0 spiro atoms. The zero-order chi connectivity index (χ0) is 18.8. The maximum Gasteiger partial charge on any atom is 0.409 e. The summed E-state index contributed by atoms with van der Waals surface area (Å²) in [5.41, 5.74) is 1.24. The fourth-order valence-electron chi connectivity index (χ4n) is 2.79. The highest BCUT2D eigenvalue weighted by Crippen LogP contribution is 2.13. The van der Waals surface area contributed by atoms with Crippen LogP contribution in [0.25, 0.3) is 0 Å². The third kappa shape index (κ3) is 6.18. The first-order chi connectivity index (χ1) is 12.6. The molecule has 8 nitrogen and oxygen atoms in total. The summed E-state index contributed by atoms with van der Waals surface area (Å²) in [5.74, 6) is -0.194. The lowest BCUT2D eigenvalue weighted by Crippen LogP contribution is -2.46. The van der Waals surface area contributed by atoms with Crippen LogP contribution in [-0.4, -0.2) is 67.9 Å². The van der Waals surface area contributed by atoms with E-state index in [-0.39, 0.29) is 18.0 Å². The zero-order valence-corrected chi connectivity index (χ0v) is 15.5. The first-order valence-electron chi connectivity index (χ1n) is 9.05. The molecule has 2 amide bonds. The van der Waals surface area contributed by atoms with Crippen LogP contribution in [0.5, 0.6) is 0 Å². The molecular formula is C18H28N4O4. The Labute approximate surface area is 154 Å². The van der Waals surface area contributed by atoms with Gasteiger partial charge in [-0.3, -0.25) is 9.78 Å². The normalized spacial score (nSPS) is 14.8. The highest BCUT2D eigenvalue weighted by atomic mass is 16.6. The Morgan fingerprint density at radius 3 is 2.81 bits per heavy atom. The topological polar surface area (TPSA) is 92.8 Å². The number of piperidine rings is 1. The number of aromatic nitrogens is 1. The van der Waals surface area contributed by atoms with Gasteiger partial charge in [-0.2, -0.15) is 0 Å². The summed E-state index contributed by atoms with van der Waals surface area (Å²) in [6.07, 6.45) is 3.64. The Balaban J connectivity index is 1.80. The number of amides is 2. The number of hydrogen-bond donors (Lipinski definition) is 2. The summed E-state index contributed by atoms with van der Waals surface area (Å²) >= 11 is 0. The largest absolute Gasteiger partial charge is 0.450 e. The summed E-state index contributed by atoms with van der Waals surface area (Å²) in [5, 5.41) is 6.25. The predicted octanol–water partition coefficient (Wildman–Crippen LogP) is 1.88. The van der Waals surface area contributed by atoms with E-state index in [9.17, 15) is 9.59 Å². The van der Waals surface area contributed by atoms with Gasteiger partial charge in [0.25, 0.3) is 5.91 Å². The monoisotopic (exact) mass is 364 g/mol. The summed E-state index contributed by atoms with van der Waals surface area (Å²) in [6, 6.07) is 3.62. The number of nitrogens with zero attached hydrogens (tertiary/aromatic N) is 2. The Hall–Kier alpha value is -2.35. The number of ether oxygens (including phenoxy) is 2. The van der Waals surface area contributed by atoms with E-state index in [1.165, 1.54) is 0 Å². The zero-order valence-electron chi connectivity index (χ0n) is 15.5. The van der Waals surface area contributed by atoms with Gasteiger partial charge < -0.3 is 25.0 Å². The first kappa shape index (κ1) is 20.0. The number of carbonyl (C=O) groups excluding carboxylic acids is 2. The van der Waals surface area contributed by atoms with Gasteiger partial charge in [-0.15, -0.1) is 0 Å². The van der Waals surface area contributed by atoms with E-state index in [1.807, 2.05) is 6.07 Å². The molecule has 0 saturated carbocycles. The van der Waals surface area contributed by atoms with Crippen molar-refractivity contribution in [1.29, 1.82) is 0 Å². The molecule has 1 aromatic rings. The molecule has 8 heteroatoms. The maximum atomic E-state index is 12.4. The van der Waals surface area contributed by atoms with E-state index in [0.29, 0.717) is 44.8 Å². The van der Waals surface area contributed by atoms with Crippen LogP contribution in [0.4, 0.5) is 10.5 Å². The van der Waals surface area contributed by atoms with Gasteiger partial charge >= 0.3 is 6.09 Å². The standard InChI is InChI=1S/C18H28N4O4/c1-3-26-18(24)22-10-6-14(7-11-22)21-17(23)16-13-15(5-9-20-16)19-8-4-12-25-2/h5,9,13-14H,3-4,6-8,10-12H2,1-2H3,(H,19,20)(H,21,23). The van der Waals surface area contributed by atoms with Crippen LogP contribution in [0.2, 0.25) is 0 Å². The molecule has 0 aromatic carbocycles. The number of pyridine rings is 1. The Morgan fingerprint density at radius 2 is 2.12 bits per heavy atom. The molecule has 2 heterocycles. The molecular weight excluding hydrogens is 336 g/mol. The third-order valence-electron chi connectivity index (χ3n) is 4.20. The van der Waals surface area contributed by atoms with Gasteiger partial charge in [0.2, 0.25) is 0 Å². The highest BCUT2D eigenvalue weighted by Gasteiger charge is 2.25. The number of rotatable bonds is 8. The van der Waals surface area contributed by atoms with Crippen LogP contribution in [0.1, 0.15) is 36.7 Å². The van der Waals surface area contributed by atoms with Crippen molar-refractivity contribution < 1.29 is 19.1 Å². The van der Waals surface area contributed by atoms with Gasteiger partial charge in [0, 0.05) is 51.3 Å².